The van der Waals surface area contributed by atoms with Crippen molar-refractivity contribution < 1.29 is 23.2 Å². The molecular weight excluding hydrogens is 374 g/mol. The highest BCUT2D eigenvalue weighted by molar-refractivity contribution is 6.56. The molecule has 1 aromatic carbocycles. The fourth-order valence-electron chi connectivity index (χ4n) is 2.72. The van der Waals surface area contributed by atoms with E-state index in [0.29, 0.717) is 22.3 Å². The Hall–Kier alpha value is -2.06. The second-order valence-electron chi connectivity index (χ2n) is 9.35. The minimum Gasteiger partial charge on any atom is -0.444 e. The van der Waals surface area contributed by atoms with E-state index in [-0.39, 0.29) is 6.54 Å². The first-order valence-corrected chi connectivity index (χ1v) is 9.70. The number of halogens is 1. The van der Waals surface area contributed by atoms with Crippen molar-refractivity contribution in [2.24, 2.45) is 0 Å². The SMILES string of the molecule is Cc1c(N)ccc(C=C(CNC(=O)OC(C)(C)C)B2OC(C)(C)C(C)(C)O2)c1F. The largest absolute Gasteiger partial charge is 0.492 e. The summed E-state index contributed by atoms with van der Waals surface area (Å²) in [5.41, 5.74) is 5.67. The molecule has 0 atom stereocenters. The second-order valence-corrected chi connectivity index (χ2v) is 9.35. The molecule has 0 spiro atoms. The van der Waals surface area contributed by atoms with Gasteiger partial charge in [0.05, 0.1) is 11.2 Å². The Labute approximate surface area is 173 Å². The van der Waals surface area contributed by atoms with Crippen LogP contribution in [0, 0.1) is 12.7 Å². The van der Waals surface area contributed by atoms with Gasteiger partial charge >= 0.3 is 13.2 Å². The molecule has 0 bridgehead atoms. The summed E-state index contributed by atoms with van der Waals surface area (Å²) in [6.45, 7) is 14.8. The van der Waals surface area contributed by atoms with Crippen molar-refractivity contribution in [2.75, 3.05) is 12.3 Å². The molecule has 0 unspecified atom stereocenters. The summed E-state index contributed by atoms with van der Waals surface area (Å²) < 4.78 is 32.2. The van der Waals surface area contributed by atoms with Gasteiger partial charge in [0.15, 0.2) is 0 Å². The maximum absolute atomic E-state index is 14.7. The molecule has 0 saturated carbocycles. The van der Waals surface area contributed by atoms with Gasteiger partial charge in [0, 0.05) is 23.4 Å². The smallest absolute Gasteiger partial charge is 0.444 e. The van der Waals surface area contributed by atoms with E-state index in [2.05, 4.69) is 5.32 Å². The van der Waals surface area contributed by atoms with E-state index < -0.39 is 35.8 Å². The van der Waals surface area contributed by atoms with E-state index in [1.54, 1.807) is 45.9 Å². The highest BCUT2D eigenvalue weighted by atomic mass is 19.1. The first-order chi connectivity index (χ1) is 13.1. The number of benzene rings is 1. The number of nitrogens with one attached hydrogen (secondary N) is 1. The van der Waals surface area contributed by atoms with Crippen molar-refractivity contribution in [3.8, 4) is 0 Å². The molecule has 29 heavy (non-hydrogen) atoms. The Morgan fingerprint density at radius 2 is 1.79 bits per heavy atom. The molecule has 3 N–H and O–H groups in total. The van der Waals surface area contributed by atoms with E-state index in [9.17, 15) is 9.18 Å². The first-order valence-electron chi connectivity index (χ1n) is 9.70. The summed E-state index contributed by atoms with van der Waals surface area (Å²) in [7, 11) is -0.743. The molecule has 1 aromatic rings. The Bertz CT molecular complexity index is 800. The van der Waals surface area contributed by atoms with Crippen LogP contribution in [0.5, 0.6) is 0 Å². The van der Waals surface area contributed by atoms with E-state index in [4.69, 9.17) is 19.8 Å². The van der Waals surface area contributed by atoms with Crippen molar-refractivity contribution in [2.45, 2.75) is 72.2 Å². The lowest BCUT2D eigenvalue weighted by molar-refractivity contribution is 0.00578. The topological polar surface area (TPSA) is 82.8 Å². The number of rotatable bonds is 4. The highest BCUT2D eigenvalue weighted by Gasteiger charge is 2.52. The number of alkyl carbamates (subject to hydrolysis) is 1. The van der Waals surface area contributed by atoms with E-state index in [0.717, 1.165) is 0 Å². The van der Waals surface area contributed by atoms with Crippen LogP contribution in [0.2, 0.25) is 0 Å². The summed E-state index contributed by atoms with van der Waals surface area (Å²) in [5.74, 6) is -0.420. The summed E-state index contributed by atoms with van der Waals surface area (Å²) >= 11 is 0. The fraction of sp³-hybridized carbons (Fsp3) is 0.571. The Morgan fingerprint density at radius 3 is 2.31 bits per heavy atom. The molecule has 0 radical (unpaired) electrons. The number of hydrogen-bond donors (Lipinski definition) is 2. The lowest BCUT2D eigenvalue weighted by Gasteiger charge is -2.32. The molecule has 2 rings (SSSR count). The summed E-state index contributed by atoms with van der Waals surface area (Å²) in [5, 5.41) is 2.70. The van der Waals surface area contributed by atoms with Crippen LogP contribution < -0.4 is 11.1 Å². The van der Waals surface area contributed by atoms with Crippen LogP contribution >= 0.6 is 0 Å². The predicted octanol–water partition coefficient (Wildman–Crippen LogP) is 4.26. The third-order valence-electron chi connectivity index (χ3n) is 5.19. The maximum atomic E-state index is 14.7. The second kappa shape index (κ2) is 7.99. The molecule has 0 aromatic heterocycles. The Morgan fingerprint density at radius 1 is 1.24 bits per heavy atom. The van der Waals surface area contributed by atoms with Crippen LogP contribution in [0.4, 0.5) is 14.9 Å². The minimum absolute atomic E-state index is 0.0780. The first kappa shape index (κ1) is 23.2. The zero-order valence-corrected chi connectivity index (χ0v) is 18.6. The number of anilines is 1. The molecule has 1 saturated heterocycles. The molecule has 160 valence electrons. The number of carbonyl (C=O) groups excluding carboxylic acids is 1. The van der Waals surface area contributed by atoms with Gasteiger partial charge in [-0.25, -0.2) is 9.18 Å². The van der Waals surface area contributed by atoms with Crippen molar-refractivity contribution >= 4 is 25.0 Å². The van der Waals surface area contributed by atoms with E-state index in [1.807, 2.05) is 27.7 Å². The number of ether oxygens (including phenoxy) is 1. The predicted molar refractivity (Wildman–Crippen MR) is 114 cm³/mol. The summed E-state index contributed by atoms with van der Waals surface area (Å²) in [4.78, 5) is 12.1. The Balaban J connectivity index is 2.34. The molecule has 1 fully saturated rings. The van der Waals surface area contributed by atoms with Crippen LogP contribution in [-0.4, -0.2) is 36.6 Å². The molecule has 1 amide bonds. The van der Waals surface area contributed by atoms with Crippen LogP contribution in [0.15, 0.2) is 17.6 Å². The lowest BCUT2D eigenvalue weighted by atomic mass is 9.77. The van der Waals surface area contributed by atoms with Crippen LogP contribution in [0.1, 0.15) is 59.6 Å². The third kappa shape index (κ3) is 5.51. The monoisotopic (exact) mass is 406 g/mol. The molecule has 6 nitrogen and oxygen atoms in total. The zero-order chi connectivity index (χ0) is 22.2. The van der Waals surface area contributed by atoms with Gasteiger partial charge in [0.25, 0.3) is 0 Å². The number of amides is 1. The van der Waals surface area contributed by atoms with Crippen LogP contribution in [-0.2, 0) is 14.0 Å². The maximum Gasteiger partial charge on any atom is 0.492 e. The highest BCUT2D eigenvalue weighted by Crippen LogP contribution is 2.39. The summed E-state index contributed by atoms with van der Waals surface area (Å²) in [6.07, 6.45) is 1.05. The number of carbonyl (C=O) groups is 1. The molecular formula is C21H32BFN2O4. The van der Waals surface area contributed by atoms with Gasteiger partial charge in [-0.1, -0.05) is 12.1 Å². The number of hydrogen-bond acceptors (Lipinski definition) is 5. The zero-order valence-electron chi connectivity index (χ0n) is 18.6. The third-order valence-corrected chi connectivity index (χ3v) is 5.19. The van der Waals surface area contributed by atoms with Gasteiger partial charge in [-0.05, 0) is 66.9 Å². The quantitative estimate of drug-likeness (QED) is 0.577. The molecule has 1 aliphatic heterocycles. The molecule has 1 heterocycles. The van der Waals surface area contributed by atoms with Crippen LogP contribution in [0.25, 0.3) is 6.08 Å². The lowest BCUT2D eigenvalue weighted by Crippen LogP contribution is -2.41. The van der Waals surface area contributed by atoms with Crippen molar-refractivity contribution in [1.82, 2.24) is 5.32 Å². The van der Waals surface area contributed by atoms with E-state index in [1.165, 1.54) is 0 Å². The normalized spacial score (nSPS) is 18.7. The Kier molecular flexibility index (Phi) is 6.40. The van der Waals surface area contributed by atoms with E-state index >= 15 is 0 Å². The van der Waals surface area contributed by atoms with Crippen LogP contribution in [0.3, 0.4) is 0 Å². The fourth-order valence-corrected chi connectivity index (χ4v) is 2.72. The minimum atomic E-state index is -0.743. The molecule has 1 aliphatic rings. The van der Waals surface area contributed by atoms with Gasteiger partial charge in [0.1, 0.15) is 11.4 Å². The number of nitrogen functional groups attached to an aromatic ring is 1. The molecule has 0 aliphatic carbocycles. The van der Waals surface area contributed by atoms with Gasteiger partial charge in [-0.15, -0.1) is 0 Å². The van der Waals surface area contributed by atoms with Crippen molar-refractivity contribution in [3.05, 3.63) is 34.5 Å². The van der Waals surface area contributed by atoms with Gasteiger partial charge in [-0.2, -0.15) is 0 Å². The standard InChI is InChI=1S/C21H32BFN2O4/c1-13-16(24)10-9-14(17(13)23)11-15(12-25-18(26)27-19(2,3)4)22-28-20(5,6)21(7,8)29-22/h9-11H,12,24H2,1-8H3,(H,25,26). The molecule has 8 heteroatoms. The van der Waals surface area contributed by atoms with Crippen molar-refractivity contribution in [1.29, 1.82) is 0 Å². The van der Waals surface area contributed by atoms with Gasteiger partial charge < -0.3 is 25.1 Å². The average Bonchev–Trinajstić information content (AvgIpc) is 2.77. The number of nitrogens with two attached hydrogens (primary N) is 1. The average molecular weight is 406 g/mol. The van der Waals surface area contributed by atoms with Crippen molar-refractivity contribution in [3.63, 3.8) is 0 Å². The van der Waals surface area contributed by atoms with Gasteiger partial charge in [0.2, 0.25) is 0 Å². The van der Waals surface area contributed by atoms with Gasteiger partial charge in [-0.3, -0.25) is 0 Å². The summed E-state index contributed by atoms with van der Waals surface area (Å²) in [6, 6.07) is 3.24.